The lowest BCUT2D eigenvalue weighted by molar-refractivity contribution is -0.00559. The molecule has 3 heterocycles. The van der Waals surface area contributed by atoms with Gasteiger partial charge in [0.15, 0.2) is 12.6 Å². The van der Waals surface area contributed by atoms with Crippen LogP contribution in [0.5, 0.6) is 0 Å². The Morgan fingerprint density at radius 2 is 1.14 bits per heavy atom. The van der Waals surface area contributed by atoms with Crippen LogP contribution >= 0.6 is 15.9 Å². The maximum Gasteiger partial charge on any atom is 0.497 e. The quantitative estimate of drug-likeness (QED) is 0.292. The molecule has 5 rings (SSSR count). The molecule has 238 valence electrons. The van der Waals surface area contributed by atoms with Crippen LogP contribution in [0.4, 0.5) is 20.2 Å². The molecule has 0 bridgehead atoms. The number of anilines is 2. The van der Waals surface area contributed by atoms with Crippen LogP contribution in [-0.2, 0) is 18.8 Å². The number of nitrogens with zero attached hydrogens (tertiary/aromatic N) is 2. The van der Waals surface area contributed by atoms with Gasteiger partial charge in [-0.3, -0.25) is 9.59 Å². The smallest absolute Gasteiger partial charge is 0.399 e. The zero-order chi connectivity index (χ0) is 32.3. The number of ether oxygens (including phenoxy) is 2. The van der Waals surface area contributed by atoms with E-state index in [2.05, 4.69) is 15.9 Å². The molecule has 0 aliphatic carbocycles. The zero-order valence-corrected chi connectivity index (χ0v) is 28.1. The first-order valence-corrected chi connectivity index (χ1v) is 15.8. The maximum absolute atomic E-state index is 17.4. The van der Waals surface area contributed by atoms with Crippen molar-refractivity contribution in [2.45, 2.75) is 91.0 Å². The van der Waals surface area contributed by atoms with E-state index in [1.165, 1.54) is 12.1 Å². The van der Waals surface area contributed by atoms with Crippen LogP contribution in [0.15, 0.2) is 16.6 Å². The third-order valence-corrected chi connectivity index (χ3v) is 9.58. The molecule has 44 heavy (non-hydrogen) atoms. The monoisotopic (exact) mass is 676 g/mol. The molecule has 3 aliphatic rings. The van der Waals surface area contributed by atoms with Gasteiger partial charge in [-0.05, 0) is 83.5 Å². The van der Waals surface area contributed by atoms with Crippen molar-refractivity contribution < 1.29 is 37.2 Å². The van der Waals surface area contributed by atoms with Crippen molar-refractivity contribution in [2.75, 3.05) is 36.0 Å². The molecule has 2 aromatic carbocycles. The van der Waals surface area contributed by atoms with Gasteiger partial charge in [0.1, 0.15) is 11.6 Å². The minimum atomic E-state index is -1.17. The topological polar surface area (TPSA) is 77.5 Å². The summed E-state index contributed by atoms with van der Waals surface area (Å²) in [7, 11) is -1.17. The van der Waals surface area contributed by atoms with Crippen molar-refractivity contribution in [1.82, 2.24) is 0 Å². The van der Waals surface area contributed by atoms with Crippen LogP contribution < -0.4 is 15.3 Å². The molecule has 3 saturated heterocycles. The number of morpholine rings is 2. The van der Waals surface area contributed by atoms with Gasteiger partial charge in [0.05, 0.1) is 51.5 Å². The summed E-state index contributed by atoms with van der Waals surface area (Å²) in [6.07, 6.45) is 0.343. The summed E-state index contributed by atoms with van der Waals surface area (Å²) < 4.78 is 58.4. The number of carbonyl (C=O) groups excluding carboxylic acids is 2. The molecular formula is C32H40BBrF2N2O6. The van der Waals surface area contributed by atoms with Gasteiger partial charge in [-0.15, -0.1) is 0 Å². The number of rotatable bonds is 6. The van der Waals surface area contributed by atoms with Crippen molar-refractivity contribution in [3.05, 3.63) is 39.4 Å². The Hall–Kier alpha value is -2.38. The summed E-state index contributed by atoms with van der Waals surface area (Å²) in [6, 6.07) is 2.84. The number of benzene rings is 2. The average Bonchev–Trinajstić information content (AvgIpc) is 3.14. The second-order valence-corrected chi connectivity index (χ2v) is 14.1. The lowest BCUT2D eigenvalue weighted by Crippen LogP contribution is -2.47. The minimum absolute atomic E-state index is 0.00420. The molecule has 12 heteroatoms. The normalized spacial score (nSPS) is 26.7. The second-order valence-electron chi connectivity index (χ2n) is 13.2. The molecule has 0 saturated carbocycles. The standard InChI is InChI=1S/C32H40BBrF2N2O6/c1-17-11-37(12-18(2)41-17)29-21(15-39)9-23(33-43-31(5,6)32(7,8)44-33)27(35)25(29)26-28(36)24(34)10-22(16-40)30(26)38-13-19(3)42-20(4)14-38/h9-10,15-20H,11-14H2,1-8H3. The molecule has 0 N–H and O–H groups in total. The van der Waals surface area contributed by atoms with E-state index in [1.54, 1.807) is 0 Å². The molecule has 3 fully saturated rings. The van der Waals surface area contributed by atoms with Gasteiger partial charge in [-0.2, -0.15) is 0 Å². The van der Waals surface area contributed by atoms with Crippen molar-refractivity contribution in [3.63, 3.8) is 0 Å². The third-order valence-electron chi connectivity index (χ3n) is 9.00. The lowest BCUT2D eigenvalue weighted by Gasteiger charge is -2.40. The van der Waals surface area contributed by atoms with Crippen LogP contribution in [0.3, 0.4) is 0 Å². The molecule has 8 nitrogen and oxygen atoms in total. The van der Waals surface area contributed by atoms with E-state index in [0.717, 1.165) is 0 Å². The lowest BCUT2D eigenvalue weighted by atomic mass is 9.75. The number of carbonyl (C=O) groups is 2. The van der Waals surface area contributed by atoms with Crippen LogP contribution in [0, 0.1) is 11.6 Å². The predicted molar refractivity (Wildman–Crippen MR) is 170 cm³/mol. The fourth-order valence-electron chi connectivity index (χ4n) is 6.51. The molecule has 2 aromatic rings. The fraction of sp³-hybridized carbons (Fsp3) is 0.562. The molecule has 0 radical (unpaired) electrons. The Bertz CT molecular complexity index is 1440. The number of hydrogen-bond donors (Lipinski definition) is 0. The van der Waals surface area contributed by atoms with Gasteiger partial charge in [-0.25, -0.2) is 8.78 Å². The summed E-state index contributed by atoms with van der Waals surface area (Å²) >= 11 is 3.28. The van der Waals surface area contributed by atoms with Gasteiger partial charge in [0.25, 0.3) is 0 Å². The largest absolute Gasteiger partial charge is 0.497 e. The average molecular weight is 677 g/mol. The van der Waals surface area contributed by atoms with E-state index in [1.807, 2.05) is 65.2 Å². The van der Waals surface area contributed by atoms with Crippen LogP contribution in [0.25, 0.3) is 11.1 Å². The molecule has 0 aromatic heterocycles. The third kappa shape index (κ3) is 5.84. The van der Waals surface area contributed by atoms with E-state index < -0.39 is 30.0 Å². The summed E-state index contributed by atoms with van der Waals surface area (Å²) in [5, 5.41) is 0. The van der Waals surface area contributed by atoms with Crippen LogP contribution in [0.1, 0.15) is 76.1 Å². The highest BCUT2D eigenvalue weighted by Gasteiger charge is 2.53. The van der Waals surface area contributed by atoms with Crippen molar-refractivity contribution in [3.8, 4) is 11.1 Å². The molecule has 0 spiro atoms. The first-order valence-electron chi connectivity index (χ1n) is 15.0. The fourth-order valence-corrected chi connectivity index (χ4v) is 6.95. The summed E-state index contributed by atoms with van der Waals surface area (Å²) in [4.78, 5) is 29.1. The number of hydrogen-bond acceptors (Lipinski definition) is 8. The number of halogens is 3. The minimum Gasteiger partial charge on any atom is -0.399 e. The Balaban J connectivity index is 1.87. The van der Waals surface area contributed by atoms with Gasteiger partial charge < -0.3 is 28.6 Å². The SMILES string of the molecule is CC1CN(c2c(C=O)cc(Br)c(F)c2-c2c(F)c(B3OC(C)(C)C(C)(C)O3)cc(C=O)c2N2CC(C)OC(C)C2)CC(C)O1. The zero-order valence-electron chi connectivity index (χ0n) is 26.5. The summed E-state index contributed by atoms with van der Waals surface area (Å²) in [5.41, 5.74) is -1.09. The van der Waals surface area contributed by atoms with E-state index in [9.17, 15) is 9.59 Å². The first-order chi connectivity index (χ1) is 20.6. The highest BCUT2D eigenvalue weighted by Crippen LogP contribution is 2.47. The van der Waals surface area contributed by atoms with Gasteiger partial charge in [0.2, 0.25) is 0 Å². The van der Waals surface area contributed by atoms with Gasteiger partial charge >= 0.3 is 7.12 Å². The van der Waals surface area contributed by atoms with E-state index in [4.69, 9.17) is 18.8 Å². The Morgan fingerprint density at radius 1 is 0.750 bits per heavy atom. The van der Waals surface area contributed by atoms with E-state index in [0.29, 0.717) is 38.8 Å². The second kappa shape index (κ2) is 12.1. The van der Waals surface area contributed by atoms with Crippen molar-refractivity contribution >= 4 is 52.5 Å². The molecule has 3 aliphatic heterocycles. The Labute approximate surface area is 266 Å². The molecule has 0 amide bonds. The first kappa shape index (κ1) is 33.0. The number of aldehydes is 2. The molecular weight excluding hydrogens is 637 g/mol. The highest BCUT2D eigenvalue weighted by atomic mass is 79.9. The van der Waals surface area contributed by atoms with Crippen LogP contribution in [-0.4, -0.2) is 81.5 Å². The highest BCUT2D eigenvalue weighted by molar-refractivity contribution is 9.10. The molecule has 4 unspecified atom stereocenters. The summed E-state index contributed by atoms with van der Waals surface area (Å²) in [5.74, 6) is -1.55. The molecule has 4 atom stereocenters. The predicted octanol–water partition coefficient (Wildman–Crippen LogP) is 5.55. The van der Waals surface area contributed by atoms with E-state index in [-0.39, 0.29) is 68.0 Å². The maximum atomic E-state index is 17.4. The summed E-state index contributed by atoms with van der Waals surface area (Å²) in [6.45, 7) is 16.3. The van der Waals surface area contributed by atoms with Gasteiger partial charge in [0, 0.05) is 53.9 Å². The van der Waals surface area contributed by atoms with Crippen molar-refractivity contribution in [1.29, 1.82) is 0 Å². The van der Waals surface area contributed by atoms with Crippen LogP contribution in [0.2, 0.25) is 0 Å². The van der Waals surface area contributed by atoms with Crippen molar-refractivity contribution in [2.24, 2.45) is 0 Å². The Kier molecular flexibility index (Phi) is 9.07. The Morgan fingerprint density at radius 3 is 1.55 bits per heavy atom. The van der Waals surface area contributed by atoms with E-state index >= 15 is 8.78 Å². The van der Waals surface area contributed by atoms with Gasteiger partial charge in [-0.1, -0.05) is 0 Å².